The number of aldehydes is 2. The Morgan fingerprint density at radius 3 is 1.17 bits per heavy atom. The summed E-state index contributed by atoms with van der Waals surface area (Å²) in [6, 6.07) is 3.91. The van der Waals surface area contributed by atoms with Crippen LogP contribution >= 0.6 is 0 Å². The van der Waals surface area contributed by atoms with E-state index in [-0.39, 0.29) is 0 Å². The molecule has 1 aromatic rings. The summed E-state index contributed by atoms with van der Waals surface area (Å²) in [5.41, 5.74) is 1.06. The molecule has 0 N–H and O–H groups in total. The smallest absolute Gasteiger partial charge is 0.150 e. The van der Waals surface area contributed by atoms with Crippen molar-refractivity contribution in [2.45, 2.75) is 39.3 Å². The van der Waals surface area contributed by atoms with Crippen LogP contribution in [-0.4, -0.2) is 28.7 Å². The highest BCUT2D eigenvalue weighted by molar-refractivity contribution is 6.98. The summed E-state index contributed by atoms with van der Waals surface area (Å²) in [6.07, 6.45) is 1.59. The number of carbonyl (C=O) groups is 2. The van der Waals surface area contributed by atoms with E-state index in [0.717, 1.165) is 12.6 Å². The average Bonchev–Trinajstić information content (AvgIpc) is 2.24. The fourth-order valence-electron chi connectivity index (χ4n) is 2.08. The van der Waals surface area contributed by atoms with Crippen molar-refractivity contribution >= 4 is 39.1 Å². The second kappa shape index (κ2) is 4.93. The van der Waals surface area contributed by atoms with Crippen LogP contribution in [0.4, 0.5) is 0 Å². The monoisotopic (exact) mass is 278 g/mol. The van der Waals surface area contributed by atoms with Crippen LogP contribution in [0, 0.1) is 0 Å². The molecule has 0 atom stereocenters. The molecule has 0 radical (unpaired) electrons. The molecule has 0 aliphatic heterocycles. The van der Waals surface area contributed by atoms with Gasteiger partial charge in [-0.25, -0.2) is 0 Å². The van der Waals surface area contributed by atoms with Crippen molar-refractivity contribution in [3.8, 4) is 0 Å². The summed E-state index contributed by atoms with van der Waals surface area (Å²) in [7, 11) is -3.02. The van der Waals surface area contributed by atoms with Gasteiger partial charge in [-0.15, -0.1) is 0 Å². The molecule has 0 amide bonds. The van der Waals surface area contributed by atoms with Gasteiger partial charge in [0.15, 0.2) is 12.6 Å². The van der Waals surface area contributed by atoms with Gasteiger partial charge in [-0.1, -0.05) is 61.8 Å². The largest absolute Gasteiger partial charge is 0.298 e. The lowest BCUT2D eigenvalue weighted by Gasteiger charge is -2.28. The standard InChI is InChI=1S/C14H22O2Si2/c1-17(2,3)13-7-11(9-15)12(10-16)8-14(13)18(4,5)6/h7-10H,1-6H3. The normalized spacial score (nSPS) is 12.3. The third-order valence-corrected chi connectivity index (χ3v) is 7.40. The second-order valence-corrected chi connectivity index (χ2v) is 16.8. The summed E-state index contributed by atoms with van der Waals surface area (Å²) in [6.45, 7) is 13.7. The highest BCUT2D eigenvalue weighted by atomic mass is 28.3. The molecule has 2 nitrogen and oxygen atoms in total. The van der Waals surface area contributed by atoms with Crippen LogP contribution in [-0.2, 0) is 0 Å². The van der Waals surface area contributed by atoms with Crippen LogP contribution in [0.3, 0.4) is 0 Å². The third kappa shape index (κ3) is 3.06. The maximum atomic E-state index is 11.1. The fraction of sp³-hybridized carbons (Fsp3) is 0.429. The Kier molecular flexibility index (Phi) is 4.13. The number of hydrogen-bond acceptors (Lipinski definition) is 2. The first-order valence-electron chi connectivity index (χ1n) is 6.20. The van der Waals surface area contributed by atoms with Gasteiger partial charge in [-0.3, -0.25) is 9.59 Å². The third-order valence-electron chi connectivity index (χ3n) is 3.09. The average molecular weight is 278 g/mol. The van der Waals surface area contributed by atoms with E-state index in [0.29, 0.717) is 11.1 Å². The molecular formula is C14H22O2Si2. The minimum atomic E-state index is -1.51. The zero-order chi connectivity index (χ0) is 14.1. The van der Waals surface area contributed by atoms with Gasteiger partial charge in [-0.05, 0) is 0 Å². The SMILES string of the molecule is C[Si](C)(C)c1cc(C=O)c(C=O)cc1[Si](C)(C)C. The van der Waals surface area contributed by atoms with Crippen LogP contribution in [0.1, 0.15) is 20.7 Å². The van der Waals surface area contributed by atoms with E-state index < -0.39 is 16.1 Å². The van der Waals surface area contributed by atoms with Crippen molar-refractivity contribution in [3.05, 3.63) is 23.3 Å². The Morgan fingerprint density at radius 1 is 0.722 bits per heavy atom. The van der Waals surface area contributed by atoms with Crippen LogP contribution < -0.4 is 10.4 Å². The second-order valence-electron chi connectivity index (χ2n) is 6.76. The summed E-state index contributed by atoms with van der Waals surface area (Å²) >= 11 is 0. The van der Waals surface area contributed by atoms with E-state index >= 15 is 0 Å². The molecule has 0 spiro atoms. The van der Waals surface area contributed by atoms with Crippen LogP contribution in [0.15, 0.2) is 12.1 Å². The fourth-order valence-corrected chi connectivity index (χ4v) is 7.27. The zero-order valence-electron chi connectivity index (χ0n) is 12.1. The van der Waals surface area contributed by atoms with E-state index in [1.54, 1.807) is 0 Å². The minimum Gasteiger partial charge on any atom is -0.298 e. The highest BCUT2D eigenvalue weighted by Crippen LogP contribution is 2.11. The topological polar surface area (TPSA) is 34.1 Å². The van der Waals surface area contributed by atoms with E-state index in [1.165, 1.54) is 10.4 Å². The summed E-state index contributed by atoms with van der Waals surface area (Å²) in [5, 5.41) is 2.66. The van der Waals surface area contributed by atoms with Gasteiger partial charge in [0.1, 0.15) is 0 Å². The Bertz CT molecular complexity index is 435. The summed E-state index contributed by atoms with van der Waals surface area (Å²) in [5.74, 6) is 0. The molecule has 0 bridgehead atoms. The van der Waals surface area contributed by atoms with E-state index in [9.17, 15) is 9.59 Å². The van der Waals surface area contributed by atoms with Gasteiger partial charge in [-0.2, -0.15) is 0 Å². The lowest BCUT2D eigenvalue weighted by Crippen LogP contribution is -2.56. The van der Waals surface area contributed by atoms with Gasteiger partial charge >= 0.3 is 0 Å². The molecule has 0 aliphatic rings. The Hall–Kier alpha value is -1.01. The van der Waals surface area contributed by atoms with Gasteiger partial charge in [0.25, 0.3) is 0 Å². The van der Waals surface area contributed by atoms with Crippen molar-refractivity contribution in [1.82, 2.24) is 0 Å². The Balaban J connectivity index is 3.67. The quantitative estimate of drug-likeness (QED) is 0.626. The first kappa shape index (κ1) is 15.1. The molecule has 0 saturated heterocycles. The van der Waals surface area contributed by atoms with Crippen molar-refractivity contribution in [3.63, 3.8) is 0 Å². The molecule has 4 heteroatoms. The maximum Gasteiger partial charge on any atom is 0.150 e. The lowest BCUT2D eigenvalue weighted by atomic mass is 10.1. The molecule has 0 heterocycles. The first-order chi connectivity index (χ1) is 8.11. The van der Waals surface area contributed by atoms with Crippen LogP contribution in [0.5, 0.6) is 0 Å². The number of benzene rings is 1. The number of carbonyl (C=O) groups excluding carboxylic acids is 2. The van der Waals surface area contributed by atoms with Crippen LogP contribution in [0.25, 0.3) is 0 Å². The van der Waals surface area contributed by atoms with Crippen molar-refractivity contribution in [2.75, 3.05) is 0 Å². The van der Waals surface area contributed by atoms with Gasteiger partial charge in [0.2, 0.25) is 0 Å². The molecule has 0 aromatic heterocycles. The van der Waals surface area contributed by atoms with Crippen molar-refractivity contribution in [2.24, 2.45) is 0 Å². The number of hydrogen-bond donors (Lipinski definition) is 0. The zero-order valence-corrected chi connectivity index (χ0v) is 14.1. The molecule has 0 saturated carbocycles. The first-order valence-corrected chi connectivity index (χ1v) is 13.2. The van der Waals surface area contributed by atoms with E-state index in [2.05, 4.69) is 39.3 Å². The predicted octanol–water partition coefficient (Wildman–Crippen LogP) is 2.40. The molecule has 0 fully saturated rings. The number of rotatable bonds is 4. The minimum absolute atomic E-state index is 0.532. The van der Waals surface area contributed by atoms with E-state index in [1.807, 2.05) is 12.1 Å². The molecule has 98 valence electrons. The molecule has 1 aromatic carbocycles. The summed E-state index contributed by atoms with van der Waals surface area (Å²) < 4.78 is 0. The van der Waals surface area contributed by atoms with Crippen molar-refractivity contribution in [1.29, 1.82) is 0 Å². The maximum absolute atomic E-state index is 11.1. The van der Waals surface area contributed by atoms with E-state index in [4.69, 9.17) is 0 Å². The molecule has 1 rings (SSSR count). The molecular weight excluding hydrogens is 256 g/mol. The van der Waals surface area contributed by atoms with Gasteiger partial charge < -0.3 is 0 Å². The van der Waals surface area contributed by atoms with Gasteiger partial charge in [0, 0.05) is 11.1 Å². The molecule has 0 aliphatic carbocycles. The molecule has 18 heavy (non-hydrogen) atoms. The molecule has 0 unspecified atom stereocenters. The Labute approximate surface area is 111 Å². The van der Waals surface area contributed by atoms with Gasteiger partial charge in [0.05, 0.1) is 16.1 Å². The Morgan fingerprint density at radius 2 is 1.00 bits per heavy atom. The lowest BCUT2D eigenvalue weighted by molar-refractivity contribution is 0.109. The summed E-state index contributed by atoms with van der Waals surface area (Å²) in [4.78, 5) is 22.2. The van der Waals surface area contributed by atoms with Crippen molar-refractivity contribution < 1.29 is 9.59 Å². The predicted molar refractivity (Wildman–Crippen MR) is 83.2 cm³/mol. The van der Waals surface area contributed by atoms with Crippen LogP contribution in [0.2, 0.25) is 39.3 Å². The highest BCUT2D eigenvalue weighted by Gasteiger charge is 2.28.